The van der Waals surface area contributed by atoms with E-state index in [-0.39, 0.29) is 0 Å². The minimum Gasteiger partial charge on any atom is -0.305 e. The molecule has 0 amide bonds. The summed E-state index contributed by atoms with van der Waals surface area (Å²) in [5.74, 6) is 0. The summed E-state index contributed by atoms with van der Waals surface area (Å²) in [6, 6.07) is 0. The van der Waals surface area contributed by atoms with Crippen molar-refractivity contribution in [3.8, 4) is 0 Å². The molecule has 0 spiro atoms. The molecule has 1 rings (SSSR count). The first-order valence-electron chi connectivity index (χ1n) is 5.50. The van der Waals surface area contributed by atoms with Gasteiger partial charge in [0.05, 0.1) is 0 Å². The van der Waals surface area contributed by atoms with E-state index in [0.717, 1.165) is 5.33 Å². The highest BCUT2D eigenvalue weighted by atomic mass is 79.9. The van der Waals surface area contributed by atoms with Gasteiger partial charge < -0.3 is 9.80 Å². The smallest absolute Gasteiger partial charge is 0.0109 e. The molecule has 14 heavy (non-hydrogen) atoms. The first-order chi connectivity index (χ1) is 6.53. The van der Waals surface area contributed by atoms with Crippen molar-refractivity contribution in [1.82, 2.24) is 9.80 Å². The Morgan fingerprint density at radius 1 is 1.14 bits per heavy atom. The van der Waals surface area contributed by atoms with Crippen LogP contribution >= 0.6 is 15.9 Å². The summed E-state index contributed by atoms with van der Waals surface area (Å²) in [5, 5.41) is 1.09. The van der Waals surface area contributed by atoms with Crippen molar-refractivity contribution in [2.75, 3.05) is 45.1 Å². The largest absolute Gasteiger partial charge is 0.305 e. The Bertz CT molecular complexity index is 171. The molecule has 1 aliphatic rings. The molecule has 84 valence electrons. The number of halogens is 1. The number of hydrogen-bond donors (Lipinski definition) is 0. The number of rotatable bonds is 3. The van der Waals surface area contributed by atoms with E-state index in [4.69, 9.17) is 0 Å². The fraction of sp³-hybridized carbons (Fsp3) is 1.00. The molecule has 2 nitrogen and oxygen atoms in total. The van der Waals surface area contributed by atoms with Crippen LogP contribution in [0.4, 0.5) is 0 Å². The van der Waals surface area contributed by atoms with E-state index in [1.807, 2.05) is 0 Å². The average Bonchev–Trinajstić information content (AvgIpc) is 2.31. The molecule has 0 N–H and O–H groups in total. The Hall–Kier alpha value is 0.400. The molecule has 0 bridgehead atoms. The summed E-state index contributed by atoms with van der Waals surface area (Å²) >= 11 is 3.59. The van der Waals surface area contributed by atoms with Crippen LogP contribution in [0.25, 0.3) is 0 Å². The standard InChI is InChI=1S/C11H23BrN2/c1-11(2,9-12)10-14-6-4-5-13(3)7-8-14/h4-10H2,1-3H3. The van der Waals surface area contributed by atoms with Gasteiger partial charge >= 0.3 is 0 Å². The van der Waals surface area contributed by atoms with Gasteiger partial charge in [-0.1, -0.05) is 29.8 Å². The Labute approximate surface area is 96.8 Å². The van der Waals surface area contributed by atoms with E-state index in [1.54, 1.807) is 0 Å². The second-order valence-corrected chi connectivity index (χ2v) is 5.79. The maximum Gasteiger partial charge on any atom is 0.0109 e. The van der Waals surface area contributed by atoms with Gasteiger partial charge in [-0.3, -0.25) is 0 Å². The summed E-state index contributed by atoms with van der Waals surface area (Å²) in [6.45, 7) is 10.8. The van der Waals surface area contributed by atoms with Crippen LogP contribution in [0, 0.1) is 5.41 Å². The normalized spacial score (nSPS) is 22.3. The third-order valence-electron chi connectivity index (χ3n) is 2.83. The lowest BCUT2D eigenvalue weighted by Gasteiger charge is -2.30. The predicted molar refractivity (Wildman–Crippen MR) is 66.1 cm³/mol. The summed E-state index contributed by atoms with van der Waals surface area (Å²) in [4.78, 5) is 5.03. The van der Waals surface area contributed by atoms with Crippen LogP contribution in [0.5, 0.6) is 0 Å². The van der Waals surface area contributed by atoms with Crippen molar-refractivity contribution >= 4 is 15.9 Å². The maximum atomic E-state index is 3.59. The van der Waals surface area contributed by atoms with Crippen molar-refractivity contribution < 1.29 is 0 Å². The summed E-state index contributed by atoms with van der Waals surface area (Å²) in [7, 11) is 2.22. The fourth-order valence-corrected chi connectivity index (χ4v) is 2.08. The van der Waals surface area contributed by atoms with Gasteiger partial charge in [-0.15, -0.1) is 0 Å². The summed E-state index contributed by atoms with van der Waals surface area (Å²) < 4.78 is 0. The molecule has 0 atom stereocenters. The molecule has 0 aromatic carbocycles. The molecule has 0 radical (unpaired) electrons. The van der Waals surface area contributed by atoms with E-state index >= 15 is 0 Å². The molecule has 0 aromatic heterocycles. The first-order valence-corrected chi connectivity index (χ1v) is 6.62. The third-order valence-corrected chi connectivity index (χ3v) is 4.34. The second kappa shape index (κ2) is 5.47. The molecular weight excluding hydrogens is 240 g/mol. The molecule has 0 unspecified atom stereocenters. The van der Waals surface area contributed by atoms with Gasteiger partial charge in [0.15, 0.2) is 0 Å². The minimum atomic E-state index is 0.406. The Balaban J connectivity index is 2.37. The maximum absolute atomic E-state index is 3.59. The molecule has 1 aliphatic heterocycles. The highest BCUT2D eigenvalue weighted by Gasteiger charge is 2.21. The van der Waals surface area contributed by atoms with Crippen LogP contribution < -0.4 is 0 Å². The van der Waals surface area contributed by atoms with Gasteiger partial charge in [0.1, 0.15) is 0 Å². The number of alkyl halides is 1. The number of hydrogen-bond acceptors (Lipinski definition) is 2. The summed E-state index contributed by atoms with van der Waals surface area (Å²) in [5.41, 5.74) is 0.406. The van der Waals surface area contributed by atoms with Crippen molar-refractivity contribution in [1.29, 1.82) is 0 Å². The van der Waals surface area contributed by atoms with E-state index in [0.29, 0.717) is 5.41 Å². The van der Waals surface area contributed by atoms with Crippen LogP contribution in [0.15, 0.2) is 0 Å². The summed E-state index contributed by atoms with van der Waals surface area (Å²) in [6.07, 6.45) is 1.31. The molecule has 1 fully saturated rings. The van der Waals surface area contributed by atoms with Crippen molar-refractivity contribution in [3.63, 3.8) is 0 Å². The lowest BCUT2D eigenvalue weighted by Crippen LogP contribution is -2.37. The SMILES string of the molecule is CN1CCCN(CC(C)(C)CBr)CC1. The van der Waals surface area contributed by atoms with E-state index < -0.39 is 0 Å². The van der Waals surface area contributed by atoms with Crippen molar-refractivity contribution in [2.45, 2.75) is 20.3 Å². The molecule has 0 aliphatic carbocycles. The zero-order chi connectivity index (χ0) is 10.6. The minimum absolute atomic E-state index is 0.406. The first kappa shape index (κ1) is 12.5. The number of likely N-dealkylation sites (N-methyl/N-ethyl adjacent to an activating group) is 1. The van der Waals surface area contributed by atoms with Gasteiger partial charge in [0, 0.05) is 25.0 Å². The van der Waals surface area contributed by atoms with E-state index in [9.17, 15) is 0 Å². The lowest BCUT2D eigenvalue weighted by atomic mass is 9.96. The van der Waals surface area contributed by atoms with Gasteiger partial charge in [-0.05, 0) is 32.0 Å². The van der Waals surface area contributed by atoms with Gasteiger partial charge in [-0.25, -0.2) is 0 Å². The van der Waals surface area contributed by atoms with Crippen molar-refractivity contribution in [3.05, 3.63) is 0 Å². The second-order valence-electron chi connectivity index (χ2n) is 5.23. The third kappa shape index (κ3) is 4.28. The predicted octanol–water partition coefficient (Wildman–Crippen LogP) is 2.04. The quantitative estimate of drug-likeness (QED) is 0.719. The molecular formula is C11H23BrN2. The van der Waals surface area contributed by atoms with Crippen molar-refractivity contribution in [2.24, 2.45) is 5.41 Å². The molecule has 3 heteroatoms. The topological polar surface area (TPSA) is 6.48 Å². The highest BCUT2D eigenvalue weighted by Crippen LogP contribution is 2.20. The van der Waals surface area contributed by atoms with Crippen LogP contribution in [0.1, 0.15) is 20.3 Å². The van der Waals surface area contributed by atoms with Gasteiger partial charge in [-0.2, -0.15) is 0 Å². The van der Waals surface area contributed by atoms with Gasteiger partial charge in [0.2, 0.25) is 0 Å². The highest BCUT2D eigenvalue weighted by molar-refractivity contribution is 9.09. The van der Waals surface area contributed by atoms with Crippen LogP contribution in [-0.2, 0) is 0 Å². The average molecular weight is 263 g/mol. The number of nitrogens with zero attached hydrogens (tertiary/aromatic N) is 2. The Morgan fingerprint density at radius 2 is 1.86 bits per heavy atom. The molecule has 1 saturated heterocycles. The van der Waals surface area contributed by atoms with Gasteiger partial charge in [0.25, 0.3) is 0 Å². The Morgan fingerprint density at radius 3 is 2.50 bits per heavy atom. The van der Waals surface area contributed by atoms with Crippen LogP contribution in [-0.4, -0.2) is 54.9 Å². The van der Waals surface area contributed by atoms with Crippen LogP contribution in [0.2, 0.25) is 0 Å². The zero-order valence-corrected chi connectivity index (χ0v) is 11.3. The van der Waals surface area contributed by atoms with E-state index in [2.05, 4.69) is 46.6 Å². The lowest BCUT2D eigenvalue weighted by molar-refractivity contribution is 0.200. The molecule has 1 heterocycles. The molecule has 0 aromatic rings. The van der Waals surface area contributed by atoms with Crippen LogP contribution in [0.3, 0.4) is 0 Å². The Kier molecular flexibility index (Phi) is 4.88. The monoisotopic (exact) mass is 262 g/mol. The zero-order valence-electron chi connectivity index (χ0n) is 9.72. The molecule has 0 saturated carbocycles. The fourth-order valence-electron chi connectivity index (χ4n) is 1.91. The van der Waals surface area contributed by atoms with E-state index in [1.165, 1.54) is 39.1 Å².